The minimum atomic E-state index is -1.60. The van der Waals surface area contributed by atoms with Gasteiger partial charge in [-0.1, -0.05) is 26.0 Å². The number of ether oxygens (including phenoxy) is 1. The second kappa shape index (κ2) is 6.68. The lowest BCUT2D eigenvalue weighted by Crippen LogP contribution is -2.18. The second-order valence-corrected chi connectivity index (χ2v) is 4.53. The molecule has 102 valence electrons. The summed E-state index contributed by atoms with van der Waals surface area (Å²) in [5, 5.41) is 8.49. The van der Waals surface area contributed by atoms with Crippen LogP contribution in [0.4, 0.5) is 0 Å². The molecule has 1 rings (SSSR count). The quantitative estimate of drug-likeness (QED) is 0.462. The summed E-state index contributed by atoms with van der Waals surface area (Å²) in [5.41, 5.74) is 0.234. The minimum absolute atomic E-state index is 0.234. The monoisotopic (exact) mass is 264 g/mol. The smallest absolute Gasteiger partial charge is 0.372 e. The first-order chi connectivity index (χ1) is 8.91. The molecule has 0 spiro atoms. The topological polar surface area (TPSA) is 80.7 Å². The van der Waals surface area contributed by atoms with Gasteiger partial charge in [0.15, 0.2) is 5.78 Å². The lowest BCUT2D eigenvalue weighted by atomic mass is 10.0. The van der Waals surface area contributed by atoms with Gasteiger partial charge in [0.05, 0.1) is 18.6 Å². The van der Waals surface area contributed by atoms with Crippen LogP contribution in [0.25, 0.3) is 0 Å². The fourth-order valence-electron chi connectivity index (χ4n) is 1.40. The van der Waals surface area contributed by atoms with Crippen LogP contribution in [0.15, 0.2) is 24.3 Å². The summed E-state index contributed by atoms with van der Waals surface area (Å²) in [6.07, 6.45) is -0.655. The largest absolute Gasteiger partial charge is 0.493 e. The zero-order chi connectivity index (χ0) is 14.4. The summed E-state index contributed by atoms with van der Waals surface area (Å²) in [7, 11) is 0. The van der Waals surface area contributed by atoms with Gasteiger partial charge in [0.2, 0.25) is 5.78 Å². The van der Waals surface area contributed by atoms with Gasteiger partial charge in [-0.15, -0.1) is 0 Å². The summed E-state index contributed by atoms with van der Waals surface area (Å²) in [4.78, 5) is 33.3. The van der Waals surface area contributed by atoms with E-state index >= 15 is 0 Å². The molecule has 5 heteroatoms. The predicted molar refractivity (Wildman–Crippen MR) is 68.4 cm³/mol. The number of rotatable bonds is 7. The number of carbonyl (C=O) groups is 3. The number of carboxylic acids is 1. The fourth-order valence-corrected chi connectivity index (χ4v) is 1.40. The molecule has 0 saturated heterocycles. The SMILES string of the molecule is CC(C)COc1ccccc1C(=O)CC(=O)C(=O)O. The van der Waals surface area contributed by atoms with Crippen LogP contribution in [0.1, 0.15) is 30.6 Å². The summed E-state index contributed by atoms with van der Waals surface area (Å²) in [5.74, 6) is -2.60. The van der Waals surface area contributed by atoms with Crippen molar-refractivity contribution < 1.29 is 24.2 Å². The van der Waals surface area contributed by atoms with Gasteiger partial charge in [0.1, 0.15) is 5.75 Å². The van der Waals surface area contributed by atoms with Gasteiger partial charge in [0.25, 0.3) is 0 Å². The zero-order valence-electron chi connectivity index (χ0n) is 10.9. The molecule has 0 aromatic heterocycles. The third-order valence-corrected chi connectivity index (χ3v) is 2.32. The average molecular weight is 264 g/mol. The molecule has 0 aliphatic heterocycles. The van der Waals surface area contributed by atoms with Gasteiger partial charge in [0, 0.05) is 0 Å². The van der Waals surface area contributed by atoms with Crippen LogP contribution in [-0.4, -0.2) is 29.2 Å². The first-order valence-electron chi connectivity index (χ1n) is 5.93. The van der Waals surface area contributed by atoms with Gasteiger partial charge >= 0.3 is 5.97 Å². The van der Waals surface area contributed by atoms with Crippen molar-refractivity contribution in [1.29, 1.82) is 0 Å². The Labute approximate surface area is 111 Å². The molecule has 1 N–H and O–H groups in total. The number of benzene rings is 1. The number of carbonyl (C=O) groups excluding carboxylic acids is 2. The number of carboxylic acid groups (broad SMARTS) is 1. The molecule has 5 nitrogen and oxygen atoms in total. The zero-order valence-corrected chi connectivity index (χ0v) is 10.9. The second-order valence-electron chi connectivity index (χ2n) is 4.53. The molecule has 0 radical (unpaired) electrons. The summed E-state index contributed by atoms with van der Waals surface area (Å²) >= 11 is 0. The van der Waals surface area contributed by atoms with E-state index in [0.29, 0.717) is 18.3 Å². The van der Waals surface area contributed by atoms with Gasteiger partial charge in [-0.25, -0.2) is 4.79 Å². The van der Waals surface area contributed by atoms with E-state index in [-0.39, 0.29) is 5.56 Å². The molecule has 0 aliphatic carbocycles. The maximum Gasteiger partial charge on any atom is 0.372 e. The molecule has 1 aromatic rings. The molecule has 0 fully saturated rings. The molecule has 0 bridgehead atoms. The Morgan fingerprint density at radius 3 is 2.42 bits per heavy atom. The van der Waals surface area contributed by atoms with E-state index in [1.807, 2.05) is 13.8 Å². The van der Waals surface area contributed by atoms with Crippen molar-refractivity contribution in [1.82, 2.24) is 0 Å². The standard InChI is InChI=1S/C14H16O5/c1-9(2)8-19-13-6-4-3-5-10(13)11(15)7-12(16)14(17)18/h3-6,9H,7-8H2,1-2H3,(H,17,18). The first kappa shape index (κ1) is 14.9. The number of hydrogen-bond acceptors (Lipinski definition) is 4. The Hall–Kier alpha value is -2.17. The van der Waals surface area contributed by atoms with Gasteiger partial charge in [-0.2, -0.15) is 0 Å². The number of aliphatic carboxylic acids is 1. The van der Waals surface area contributed by atoms with Crippen LogP contribution in [0.3, 0.4) is 0 Å². The summed E-state index contributed by atoms with van der Waals surface area (Å²) in [6, 6.07) is 6.50. The molecule has 0 amide bonds. The molecule has 0 atom stereocenters. The highest BCUT2D eigenvalue weighted by molar-refractivity contribution is 6.37. The van der Waals surface area contributed by atoms with Crippen LogP contribution in [0.5, 0.6) is 5.75 Å². The van der Waals surface area contributed by atoms with E-state index in [0.717, 1.165) is 0 Å². The van der Waals surface area contributed by atoms with E-state index in [9.17, 15) is 14.4 Å². The van der Waals surface area contributed by atoms with Crippen LogP contribution < -0.4 is 4.74 Å². The lowest BCUT2D eigenvalue weighted by molar-refractivity contribution is -0.148. The molecule has 19 heavy (non-hydrogen) atoms. The van der Waals surface area contributed by atoms with Crippen molar-refractivity contribution in [2.45, 2.75) is 20.3 Å². The summed E-state index contributed by atoms with van der Waals surface area (Å²) in [6.45, 7) is 4.38. The van der Waals surface area contributed by atoms with Crippen molar-refractivity contribution in [3.8, 4) is 5.75 Å². The van der Waals surface area contributed by atoms with E-state index < -0.39 is 24.0 Å². The van der Waals surface area contributed by atoms with Crippen molar-refractivity contribution in [3.63, 3.8) is 0 Å². The Morgan fingerprint density at radius 1 is 1.21 bits per heavy atom. The van der Waals surface area contributed by atoms with E-state index in [1.165, 1.54) is 6.07 Å². The minimum Gasteiger partial charge on any atom is -0.493 e. The number of Topliss-reactive ketones (excluding diaryl/α,β-unsaturated/α-hetero) is 2. The molecule has 0 aliphatic rings. The maximum absolute atomic E-state index is 11.9. The van der Waals surface area contributed by atoms with Crippen molar-refractivity contribution in [3.05, 3.63) is 29.8 Å². The Kier molecular flexibility index (Phi) is 5.23. The Balaban J connectivity index is 2.84. The molecule has 0 unspecified atom stereocenters. The van der Waals surface area contributed by atoms with Crippen LogP contribution >= 0.6 is 0 Å². The van der Waals surface area contributed by atoms with E-state index in [4.69, 9.17) is 9.84 Å². The molecule has 1 aromatic carbocycles. The molecular weight excluding hydrogens is 248 g/mol. The summed E-state index contributed by atoms with van der Waals surface area (Å²) < 4.78 is 5.48. The number of ketones is 2. The van der Waals surface area contributed by atoms with Gasteiger partial charge in [-0.05, 0) is 18.1 Å². The molecular formula is C14H16O5. The normalized spacial score (nSPS) is 10.3. The van der Waals surface area contributed by atoms with Crippen molar-refractivity contribution >= 4 is 17.5 Å². The molecule has 0 saturated carbocycles. The van der Waals surface area contributed by atoms with Gasteiger partial charge < -0.3 is 9.84 Å². The van der Waals surface area contributed by atoms with Crippen LogP contribution in [-0.2, 0) is 9.59 Å². The number of para-hydroxylation sites is 1. The predicted octanol–water partition coefficient (Wildman–Crippen LogP) is 1.95. The third-order valence-electron chi connectivity index (χ3n) is 2.32. The number of hydrogen-bond donors (Lipinski definition) is 1. The average Bonchev–Trinajstić information content (AvgIpc) is 2.36. The Morgan fingerprint density at radius 2 is 1.84 bits per heavy atom. The Bertz CT molecular complexity index is 490. The van der Waals surface area contributed by atoms with E-state index in [2.05, 4.69) is 0 Å². The van der Waals surface area contributed by atoms with Gasteiger partial charge in [-0.3, -0.25) is 9.59 Å². The van der Waals surface area contributed by atoms with Crippen LogP contribution in [0, 0.1) is 5.92 Å². The molecule has 0 heterocycles. The lowest BCUT2D eigenvalue weighted by Gasteiger charge is -2.11. The highest BCUT2D eigenvalue weighted by Crippen LogP contribution is 2.20. The van der Waals surface area contributed by atoms with Crippen molar-refractivity contribution in [2.24, 2.45) is 5.92 Å². The highest BCUT2D eigenvalue weighted by Gasteiger charge is 2.20. The third kappa shape index (κ3) is 4.54. The van der Waals surface area contributed by atoms with Crippen molar-refractivity contribution in [2.75, 3.05) is 6.61 Å². The van der Waals surface area contributed by atoms with Crippen LogP contribution in [0.2, 0.25) is 0 Å². The van der Waals surface area contributed by atoms with E-state index in [1.54, 1.807) is 18.2 Å². The fraction of sp³-hybridized carbons (Fsp3) is 0.357. The first-order valence-corrected chi connectivity index (χ1v) is 5.93. The maximum atomic E-state index is 11.9. The highest BCUT2D eigenvalue weighted by atomic mass is 16.5.